The van der Waals surface area contributed by atoms with Crippen molar-refractivity contribution < 1.29 is 19.8 Å². The van der Waals surface area contributed by atoms with Gasteiger partial charge in [-0.1, -0.05) is 0 Å². The lowest BCUT2D eigenvalue weighted by atomic mass is 10.1. The zero-order valence-electron chi connectivity index (χ0n) is 9.99. The van der Waals surface area contributed by atoms with Crippen molar-refractivity contribution in [3.63, 3.8) is 0 Å². The number of carbonyl (C=O) groups is 2. The average Bonchev–Trinajstić information content (AvgIpc) is 2.34. The maximum Gasteiger partial charge on any atom is 0.253 e. The van der Waals surface area contributed by atoms with Gasteiger partial charge in [0.15, 0.2) is 0 Å². The van der Waals surface area contributed by atoms with E-state index in [9.17, 15) is 14.7 Å². The van der Waals surface area contributed by atoms with Gasteiger partial charge in [-0.05, 0) is 73.8 Å². The summed E-state index contributed by atoms with van der Waals surface area (Å²) in [5.41, 5.74) is 5.97. The predicted octanol–water partition coefficient (Wildman–Crippen LogP) is 0.682. The van der Waals surface area contributed by atoms with Crippen LogP contribution in [0.25, 0.3) is 0 Å². The van der Waals surface area contributed by atoms with E-state index in [4.69, 9.17) is 10.8 Å². The maximum atomic E-state index is 12.1. The number of primary amides is 1. The summed E-state index contributed by atoms with van der Waals surface area (Å²) in [6.07, 6.45) is -1.02. The molecule has 1 aromatic rings. The highest BCUT2D eigenvalue weighted by molar-refractivity contribution is 14.1. The fraction of sp³-hybridized carbons (Fsp3) is 0.273. The summed E-state index contributed by atoms with van der Waals surface area (Å²) in [7, 11) is 0. The predicted molar refractivity (Wildman–Crippen MR) is 98.5 cm³/mol. The highest BCUT2D eigenvalue weighted by atomic mass is 127. The number of nitrogens with two attached hydrogens (primary N) is 1. The third kappa shape index (κ3) is 4.38. The SMILES string of the molecule is NC(=O)c1c(I)cc(I)c(C(=O)NCC(O)CO)c1I. The standard InChI is InChI=1S/C11H11I3N2O4/c12-5-1-6(13)8(9(14)7(5)10(15)19)11(20)16-2-4(18)3-17/h1,4,17-18H,2-3H2,(H2,15,19)(H,16,20). The molecular formula is C11H11I3N2O4. The van der Waals surface area contributed by atoms with Crippen LogP contribution in [-0.2, 0) is 0 Å². The van der Waals surface area contributed by atoms with Gasteiger partial charge < -0.3 is 21.3 Å². The van der Waals surface area contributed by atoms with E-state index >= 15 is 0 Å². The molecule has 0 radical (unpaired) electrons. The van der Waals surface area contributed by atoms with Gasteiger partial charge in [0.1, 0.15) is 0 Å². The van der Waals surface area contributed by atoms with Crippen LogP contribution < -0.4 is 11.1 Å². The molecule has 6 nitrogen and oxygen atoms in total. The topological polar surface area (TPSA) is 113 Å². The Kier molecular flexibility index (Phi) is 7.37. The van der Waals surface area contributed by atoms with Crippen molar-refractivity contribution in [2.24, 2.45) is 5.73 Å². The average molecular weight is 616 g/mol. The molecule has 0 aliphatic rings. The van der Waals surface area contributed by atoms with Crippen LogP contribution in [0.2, 0.25) is 0 Å². The number of halogens is 3. The first-order chi connectivity index (χ1) is 9.29. The second-order valence-corrected chi connectivity index (χ2v) is 7.22. The van der Waals surface area contributed by atoms with E-state index in [-0.39, 0.29) is 6.54 Å². The number of hydrogen-bond donors (Lipinski definition) is 4. The first-order valence-electron chi connectivity index (χ1n) is 5.34. The van der Waals surface area contributed by atoms with E-state index in [0.29, 0.717) is 21.8 Å². The summed E-state index contributed by atoms with van der Waals surface area (Å²) in [5, 5.41) is 20.5. The highest BCUT2D eigenvalue weighted by Crippen LogP contribution is 2.27. The molecule has 0 saturated carbocycles. The lowest BCUT2D eigenvalue weighted by molar-refractivity contribution is 0.0801. The minimum atomic E-state index is -1.02. The van der Waals surface area contributed by atoms with Crippen molar-refractivity contribution in [1.29, 1.82) is 0 Å². The smallest absolute Gasteiger partial charge is 0.253 e. The molecule has 1 atom stereocenters. The van der Waals surface area contributed by atoms with Crippen LogP contribution in [0.5, 0.6) is 0 Å². The Hall–Kier alpha value is 0.270. The fourth-order valence-electron chi connectivity index (χ4n) is 1.39. The lowest BCUT2D eigenvalue weighted by Gasteiger charge is -2.14. The van der Waals surface area contributed by atoms with E-state index in [2.05, 4.69) is 5.32 Å². The highest BCUT2D eigenvalue weighted by Gasteiger charge is 2.22. The Labute approximate surface area is 156 Å². The summed E-state index contributed by atoms with van der Waals surface area (Å²) in [6, 6.07) is 1.70. The molecule has 1 rings (SSSR count). The zero-order valence-corrected chi connectivity index (χ0v) is 16.5. The molecule has 5 N–H and O–H groups in total. The summed E-state index contributed by atoms with van der Waals surface area (Å²) in [4.78, 5) is 23.6. The van der Waals surface area contributed by atoms with Gasteiger partial charge in [-0.25, -0.2) is 0 Å². The fourth-order valence-corrected chi connectivity index (χ4v) is 5.78. The van der Waals surface area contributed by atoms with Gasteiger partial charge in [-0.2, -0.15) is 0 Å². The number of rotatable bonds is 5. The molecule has 0 aliphatic carbocycles. The summed E-state index contributed by atoms with van der Waals surface area (Å²) >= 11 is 5.89. The number of benzene rings is 1. The quantitative estimate of drug-likeness (QED) is 0.365. The van der Waals surface area contributed by atoms with Gasteiger partial charge >= 0.3 is 0 Å². The van der Waals surface area contributed by atoms with E-state index in [1.54, 1.807) is 6.07 Å². The van der Waals surface area contributed by atoms with Gasteiger partial charge in [-0.3, -0.25) is 9.59 Å². The maximum absolute atomic E-state index is 12.1. The van der Waals surface area contributed by atoms with Crippen LogP contribution in [0.3, 0.4) is 0 Å². The first-order valence-corrected chi connectivity index (χ1v) is 8.57. The Morgan fingerprint density at radius 2 is 1.80 bits per heavy atom. The van der Waals surface area contributed by atoms with Crippen LogP contribution in [0.15, 0.2) is 6.07 Å². The Bertz CT molecular complexity index is 551. The molecule has 0 spiro atoms. The molecule has 1 unspecified atom stereocenters. The number of aliphatic hydroxyl groups is 2. The van der Waals surface area contributed by atoms with Gasteiger partial charge in [0.2, 0.25) is 0 Å². The molecule has 110 valence electrons. The van der Waals surface area contributed by atoms with Crippen molar-refractivity contribution in [2.45, 2.75) is 6.10 Å². The summed E-state index contributed by atoms with van der Waals surface area (Å²) in [6.45, 7) is -0.507. The van der Waals surface area contributed by atoms with Gasteiger partial charge in [0.25, 0.3) is 11.8 Å². The van der Waals surface area contributed by atoms with Crippen LogP contribution in [0, 0.1) is 10.7 Å². The monoisotopic (exact) mass is 616 g/mol. The third-order valence-electron chi connectivity index (χ3n) is 2.35. The molecule has 0 heterocycles. The molecule has 0 aromatic heterocycles. The number of aliphatic hydroxyl groups excluding tert-OH is 2. The van der Waals surface area contributed by atoms with Crippen LogP contribution >= 0.6 is 67.8 Å². The Balaban J connectivity index is 3.15. The Morgan fingerprint density at radius 3 is 2.30 bits per heavy atom. The van der Waals surface area contributed by atoms with Crippen molar-refractivity contribution in [2.75, 3.05) is 13.2 Å². The number of nitrogens with one attached hydrogen (secondary N) is 1. The second kappa shape index (κ2) is 8.05. The lowest BCUT2D eigenvalue weighted by Crippen LogP contribution is -2.35. The Morgan fingerprint density at radius 1 is 1.25 bits per heavy atom. The molecular weight excluding hydrogens is 605 g/mol. The second-order valence-electron chi connectivity index (χ2n) is 3.81. The van der Waals surface area contributed by atoms with Gasteiger partial charge in [0.05, 0.1) is 23.8 Å². The number of carbonyl (C=O) groups excluding carboxylic acids is 2. The zero-order chi connectivity index (χ0) is 15.4. The molecule has 9 heteroatoms. The largest absolute Gasteiger partial charge is 0.394 e. The molecule has 0 aliphatic heterocycles. The van der Waals surface area contributed by atoms with E-state index in [0.717, 1.165) is 0 Å². The van der Waals surface area contributed by atoms with Crippen LogP contribution in [0.1, 0.15) is 20.7 Å². The number of hydrogen-bond acceptors (Lipinski definition) is 4. The number of amides is 2. The van der Waals surface area contributed by atoms with E-state index in [1.165, 1.54) is 0 Å². The molecule has 2 amide bonds. The van der Waals surface area contributed by atoms with E-state index in [1.807, 2.05) is 67.8 Å². The minimum Gasteiger partial charge on any atom is -0.394 e. The summed E-state index contributed by atoms with van der Waals surface area (Å²) in [5.74, 6) is -1.02. The van der Waals surface area contributed by atoms with Crippen molar-refractivity contribution in [3.8, 4) is 0 Å². The van der Waals surface area contributed by atoms with Gasteiger partial charge in [0, 0.05) is 17.3 Å². The van der Waals surface area contributed by atoms with Gasteiger partial charge in [-0.15, -0.1) is 0 Å². The first kappa shape index (κ1) is 18.3. The van der Waals surface area contributed by atoms with Crippen molar-refractivity contribution in [1.82, 2.24) is 5.32 Å². The minimum absolute atomic E-state index is 0.0701. The third-order valence-corrected chi connectivity index (χ3v) is 5.13. The molecule has 0 fully saturated rings. The normalized spacial score (nSPS) is 12.1. The van der Waals surface area contributed by atoms with Crippen LogP contribution in [-0.4, -0.2) is 41.3 Å². The molecule has 0 saturated heterocycles. The molecule has 1 aromatic carbocycles. The molecule has 0 bridgehead atoms. The van der Waals surface area contributed by atoms with Crippen molar-refractivity contribution >= 4 is 79.6 Å². The molecule has 20 heavy (non-hydrogen) atoms. The van der Waals surface area contributed by atoms with Crippen molar-refractivity contribution in [3.05, 3.63) is 27.9 Å². The van der Waals surface area contributed by atoms with E-state index < -0.39 is 24.5 Å². The van der Waals surface area contributed by atoms with Crippen LogP contribution in [0.4, 0.5) is 0 Å². The summed E-state index contributed by atoms with van der Waals surface area (Å²) < 4.78 is 1.83.